The van der Waals surface area contributed by atoms with Gasteiger partial charge in [0.2, 0.25) is 0 Å². The summed E-state index contributed by atoms with van der Waals surface area (Å²) in [5.74, 6) is -2.01. The molecule has 1 saturated heterocycles. The molecule has 1 unspecified atom stereocenters. The summed E-state index contributed by atoms with van der Waals surface area (Å²) in [6.45, 7) is 0.853. The number of hydrogen-bond acceptors (Lipinski definition) is 8. The normalized spacial score (nSPS) is 22.9. The highest BCUT2D eigenvalue weighted by Gasteiger charge is 2.25. The van der Waals surface area contributed by atoms with Crippen molar-refractivity contribution in [1.29, 1.82) is 0 Å². The van der Waals surface area contributed by atoms with E-state index < -0.39 is 23.6 Å². The van der Waals surface area contributed by atoms with Crippen LogP contribution in [0.3, 0.4) is 0 Å². The van der Waals surface area contributed by atoms with Crippen LogP contribution in [0.5, 0.6) is 11.5 Å². The molecule has 0 radical (unpaired) electrons. The van der Waals surface area contributed by atoms with E-state index in [0.717, 1.165) is 25.3 Å². The molecule has 1 atom stereocenters. The maximum Gasteiger partial charge on any atom is 0.342 e. The van der Waals surface area contributed by atoms with E-state index in [1.165, 1.54) is 6.08 Å². The molecule has 34 heavy (non-hydrogen) atoms. The lowest BCUT2D eigenvalue weighted by molar-refractivity contribution is -0.137. The van der Waals surface area contributed by atoms with Crippen LogP contribution in [0.25, 0.3) is 0 Å². The Labute approximate surface area is 202 Å². The van der Waals surface area contributed by atoms with Crippen molar-refractivity contribution < 1.29 is 34.5 Å². The van der Waals surface area contributed by atoms with Gasteiger partial charge in [-0.25, -0.2) is 4.79 Å². The number of nitrogens with zero attached hydrogens (tertiary/aromatic N) is 2. The zero-order valence-electron chi connectivity index (χ0n) is 18.8. The summed E-state index contributed by atoms with van der Waals surface area (Å²) in [7, 11) is 0. The Morgan fingerprint density at radius 2 is 1.91 bits per heavy atom. The van der Waals surface area contributed by atoms with Crippen molar-refractivity contribution in [1.82, 2.24) is 4.90 Å². The van der Waals surface area contributed by atoms with Gasteiger partial charge in [-0.1, -0.05) is 35.0 Å². The summed E-state index contributed by atoms with van der Waals surface area (Å²) >= 11 is 6.27. The van der Waals surface area contributed by atoms with Crippen molar-refractivity contribution in [2.45, 2.75) is 44.6 Å². The lowest BCUT2D eigenvalue weighted by Gasteiger charge is -2.26. The Kier molecular flexibility index (Phi) is 9.35. The molecule has 3 N–H and O–H groups in total. The second kappa shape index (κ2) is 12.4. The summed E-state index contributed by atoms with van der Waals surface area (Å²) in [5, 5.41) is 34.3. The number of cyclic esters (lactones) is 1. The van der Waals surface area contributed by atoms with Crippen LogP contribution < -0.4 is 0 Å². The van der Waals surface area contributed by atoms with Crippen molar-refractivity contribution in [3.8, 4) is 11.5 Å². The van der Waals surface area contributed by atoms with Crippen molar-refractivity contribution in [3.63, 3.8) is 0 Å². The molecule has 1 amide bonds. The number of amides is 1. The number of oxime groups is 1. The summed E-state index contributed by atoms with van der Waals surface area (Å²) < 4.78 is 5.14. The predicted molar refractivity (Wildman–Crippen MR) is 126 cm³/mol. The number of hydrogen-bond donors (Lipinski definition) is 3. The third-order valence-corrected chi connectivity index (χ3v) is 5.94. The smallest absolute Gasteiger partial charge is 0.342 e. The summed E-state index contributed by atoms with van der Waals surface area (Å²) in [4.78, 5) is 32.1. The van der Waals surface area contributed by atoms with Crippen LogP contribution in [0.4, 0.5) is 0 Å². The van der Waals surface area contributed by atoms with Gasteiger partial charge in [0.05, 0.1) is 10.7 Å². The Morgan fingerprint density at radius 1 is 1.18 bits per heavy atom. The zero-order valence-corrected chi connectivity index (χ0v) is 19.5. The molecule has 0 spiro atoms. The van der Waals surface area contributed by atoms with Crippen LogP contribution in [0.1, 0.15) is 48.0 Å². The largest absolute Gasteiger partial charge is 0.507 e. The maximum absolute atomic E-state index is 12.7. The highest BCUT2D eigenvalue weighted by Crippen LogP contribution is 2.37. The minimum Gasteiger partial charge on any atom is -0.507 e. The van der Waals surface area contributed by atoms with Crippen LogP contribution in [-0.4, -0.2) is 70.2 Å². The number of fused-ring (bicyclic) bond motifs is 1. The highest BCUT2D eigenvalue weighted by atomic mass is 35.5. The first-order valence-corrected chi connectivity index (χ1v) is 11.6. The van der Waals surface area contributed by atoms with Gasteiger partial charge in [-0.2, -0.15) is 0 Å². The van der Waals surface area contributed by atoms with Gasteiger partial charge >= 0.3 is 5.97 Å². The van der Waals surface area contributed by atoms with E-state index in [9.17, 15) is 24.9 Å². The third-order valence-electron chi connectivity index (χ3n) is 5.52. The fourth-order valence-corrected chi connectivity index (χ4v) is 3.96. The standard InChI is InChI=1S/C24H29ClN2O7/c25-23-18-12-16(26-34-15-21(31)27-10-6-3-7-11-27)8-4-1-2-5-9-17(28)14-33-24(32)22(18)19(29)13-20(23)30/h4-5,8-9,13,17,28-30H,1-3,6-7,10-12,14-15H2/b8-4+,9-5+,26-16-. The quantitative estimate of drug-likeness (QED) is 0.336. The topological polar surface area (TPSA) is 129 Å². The number of likely N-dealkylation sites (tertiary alicyclic amines) is 1. The minimum absolute atomic E-state index is 0.0839. The van der Waals surface area contributed by atoms with E-state index in [0.29, 0.717) is 31.6 Å². The monoisotopic (exact) mass is 492 g/mol. The van der Waals surface area contributed by atoms with Gasteiger partial charge in [-0.05, 0) is 43.7 Å². The molecule has 0 saturated carbocycles. The Morgan fingerprint density at radius 3 is 2.68 bits per heavy atom. The Bertz CT molecular complexity index is 984. The number of ether oxygens (including phenoxy) is 1. The molecule has 10 heteroatoms. The number of rotatable bonds is 3. The first-order valence-electron chi connectivity index (χ1n) is 11.2. The van der Waals surface area contributed by atoms with Gasteiger partial charge in [0.15, 0.2) is 6.61 Å². The minimum atomic E-state index is -1.00. The Hall–Kier alpha value is -3.04. The molecule has 1 fully saturated rings. The van der Waals surface area contributed by atoms with Crippen LogP contribution in [0, 0.1) is 0 Å². The van der Waals surface area contributed by atoms with E-state index >= 15 is 0 Å². The van der Waals surface area contributed by atoms with Gasteiger partial charge in [-0.15, -0.1) is 0 Å². The number of carbonyl (C=O) groups excluding carboxylic acids is 2. The number of aliphatic hydroxyl groups excluding tert-OH is 1. The molecule has 3 rings (SSSR count). The lowest BCUT2D eigenvalue weighted by Crippen LogP contribution is -2.37. The second-order valence-electron chi connectivity index (χ2n) is 8.13. The summed E-state index contributed by atoms with van der Waals surface area (Å²) in [6, 6.07) is 0.947. The number of halogens is 1. The van der Waals surface area contributed by atoms with Gasteiger partial charge < -0.3 is 29.8 Å². The number of phenolic OH excluding ortho intramolecular Hbond substituents is 2. The first kappa shape index (κ1) is 25.6. The van der Waals surface area contributed by atoms with Crippen LogP contribution in [0.2, 0.25) is 5.02 Å². The zero-order chi connectivity index (χ0) is 24.5. The number of allylic oxidation sites excluding steroid dienone is 3. The van der Waals surface area contributed by atoms with Gasteiger partial charge in [0.1, 0.15) is 29.8 Å². The molecule has 9 nitrogen and oxygen atoms in total. The van der Waals surface area contributed by atoms with Crippen molar-refractivity contribution in [2.24, 2.45) is 5.16 Å². The van der Waals surface area contributed by atoms with Crippen LogP contribution in [-0.2, 0) is 20.8 Å². The molecule has 0 aliphatic carbocycles. The molecule has 2 aliphatic rings. The molecule has 2 aliphatic heterocycles. The molecule has 0 bridgehead atoms. The fraction of sp³-hybridized carbons (Fsp3) is 0.458. The van der Waals surface area contributed by atoms with Gasteiger partial charge in [-0.3, -0.25) is 4.79 Å². The van der Waals surface area contributed by atoms with Crippen molar-refractivity contribution in [3.05, 3.63) is 46.5 Å². The van der Waals surface area contributed by atoms with E-state index in [2.05, 4.69) is 5.16 Å². The van der Waals surface area contributed by atoms with Crippen molar-refractivity contribution >= 4 is 29.2 Å². The average Bonchev–Trinajstić information content (AvgIpc) is 2.82. The van der Waals surface area contributed by atoms with Gasteiger partial charge in [0, 0.05) is 25.6 Å². The second-order valence-corrected chi connectivity index (χ2v) is 8.51. The highest BCUT2D eigenvalue weighted by molar-refractivity contribution is 6.33. The predicted octanol–water partition coefficient (Wildman–Crippen LogP) is 3.10. The number of carbonyl (C=O) groups is 2. The third kappa shape index (κ3) is 6.98. The number of aliphatic hydroxyl groups is 1. The molecule has 184 valence electrons. The summed E-state index contributed by atoms with van der Waals surface area (Å²) in [5.41, 5.74) is 0.163. The fourth-order valence-electron chi connectivity index (χ4n) is 3.74. The Balaban J connectivity index is 1.88. The average molecular weight is 493 g/mol. The summed E-state index contributed by atoms with van der Waals surface area (Å²) in [6.07, 6.45) is 9.96. The number of aromatic hydroxyl groups is 2. The van der Waals surface area contributed by atoms with E-state index in [1.54, 1.807) is 17.1 Å². The van der Waals surface area contributed by atoms with Crippen LogP contribution >= 0.6 is 11.6 Å². The number of esters is 1. The molecule has 1 aromatic carbocycles. The SMILES string of the molecule is O=C1OCC(O)/C=C/CC/C=C/C(=N/OCC(=O)N2CCCCC2)Cc2c(Cl)c(O)cc(O)c21. The molecular formula is C24H29ClN2O7. The molecular weight excluding hydrogens is 464 g/mol. The number of piperidine rings is 1. The van der Waals surface area contributed by atoms with Crippen LogP contribution in [0.15, 0.2) is 35.5 Å². The first-order chi connectivity index (χ1) is 16.4. The molecule has 2 heterocycles. The van der Waals surface area contributed by atoms with Crippen molar-refractivity contribution in [2.75, 3.05) is 26.3 Å². The van der Waals surface area contributed by atoms with Gasteiger partial charge in [0.25, 0.3) is 5.91 Å². The van der Waals surface area contributed by atoms with E-state index in [4.69, 9.17) is 21.2 Å². The molecule has 1 aromatic rings. The number of phenols is 2. The van der Waals surface area contributed by atoms with E-state index in [1.807, 2.05) is 6.08 Å². The number of benzene rings is 1. The van der Waals surface area contributed by atoms with E-state index in [-0.39, 0.29) is 41.7 Å². The maximum atomic E-state index is 12.7. The lowest BCUT2D eigenvalue weighted by atomic mass is 9.99. The molecule has 0 aromatic heterocycles.